The van der Waals surface area contributed by atoms with Crippen LogP contribution in [0.3, 0.4) is 0 Å². The summed E-state index contributed by atoms with van der Waals surface area (Å²) in [6.45, 7) is 3.79. The molecule has 3 aliphatic rings. The number of rotatable bonds is 3. The Morgan fingerprint density at radius 3 is 2.68 bits per heavy atom. The molecule has 132 valence electrons. The van der Waals surface area contributed by atoms with Crippen molar-refractivity contribution >= 4 is 17.4 Å². The van der Waals surface area contributed by atoms with Gasteiger partial charge < -0.3 is 14.7 Å². The van der Waals surface area contributed by atoms with Crippen molar-refractivity contribution in [2.45, 2.75) is 18.9 Å². The van der Waals surface area contributed by atoms with Crippen LogP contribution in [0.5, 0.6) is 0 Å². The van der Waals surface area contributed by atoms with Gasteiger partial charge in [0.15, 0.2) is 0 Å². The molecule has 1 unspecified atom stereocenters. The smallest absolute Gasteiger partial charge is 0.228 e. The molecule has 1 atom stereocenters. The maximum Gasteiger partial charge on any atom is 0.228 e. The topological polar surface area (TPSA) is 56.8 Å². The number of carbonyl (C=O) groups excluding carboxylic acids is 2. The van der Waals surface area contributed by atoms with Gasteiger partial charge in [0, 0.05) is 51.5 Å². The Bertz CT molecular complexity index is 697. The number of pyridine rings is 1. The Balaban J connectivity index is 1.40. The molecule has 0 spiro atoms. The summed E-state index contributed by atoms with van der Waals surface area (Å²) in [5.74, 6) is 0.0803. The lowest BCUT2D eigenvalue weighted by Crippen LogP contribution is -2.58. The molecule has 6 nitrogen and oxygen atoms in total. The summed E-state index contributed by atoms with van der Waals surface area (Å²) in [5, 5.41) is 0. The standard InChI is InChI=1S/C19H24N4O2/c1-21-12-17(13-21)23-11-16(9-18(23)24)19(25)22-8-2-3-15(10-22)14-4-6-20-7-5-14/h3-7,16-17H,2,8-13H2,1H3. The lowest BCUT2D eigenvalue weighted by atomic mass is 10.00. The first kappa shape index (κ1) is 16.3. The number of likely N-dealkylation sites (N-methyl/N-ethyl adjacent to an activating group) is 1. The molecule has 6 heteroatoms. The molecule has 1 aromatic rings. The van der Waals surface area contributed by atoms with Crippen molar-refractivity contribution in [1.29, 1.82) is 0 Å². The average molecular weight is 340 g/mol. The van der Waals surface area contributed by atoms with Gasteiger partial charge in [-0.1, -0.05) is 6.08 Å². The van der Waals surface area contributed by atoms with Crippen molar-refractivity contribution in [1.82, 2.24) is 19.7 Å². The van der Waals surface area contributed by atoms with E-state index in [1.807, 2.05) is 21.9 Å². The molecule has 4 heterocycles. The zero-order chi connectivity index (χ0) is 17.4. The highest BCUT2D eigenvalue weighted by molar-refractivity contribution is 5.90. The van der Waals surface area contributed by atoms with E-state index in [4.69, 9.17) is 0 Å². The molecule has 3 aliphatic heterocycles. The summed E-state index contributed by atoms with van der Waals surface area (Å²) in [6, 6.07) is 4.26. The molecule has 0 radical (unpaired) electrons. The van der Waals surface area contributed by atoms with E-state index in [2.05, 4.69) is 23.0 Å². The summed E-state index contributed by atoms with van der Waals surface area (Å²) in [7, 11) is 2.06. The summed E-state index contributed by atoms with van der Waals surface area (Å²) in [4.78, 5) is 35.4. The second-order valence-electron chi connectivity index (χ2n) is 7.34. The van der Waals surface area contributed by atoms with E-state index in [1.54, 1.807) is 12.4 Å². The first-order chi connectivity index (χ1) is 12.1. The molecule has 2 amide bonds. The third-order valence-electron chi connectivity index (χ3n) is 5.51. The van der Waals surface area contributed by atoms with Crippen LogP contribution in [0.15, 0.2) is 30.6 Å². The molecule has 0 aromatic carbocycles. The van der Waals surface area contributed by atoms with E-state index in [-0.39, 0.29) is 17.7 Å². The lowest BCUT2D eigenvalue weighted by Gasteiger charge is -2.42. The van der Waals surface area contributed by atoms with Gasteiger partial charge in [-0.2, -0.15) is 0 Å². The molecule has 0 saturated carbocycles. The van der Waals surface area contributed by atoms with Gasteiger partial charge >= 0.3 is 0 Å². The summed E-state index contributed by atoms with van der Waals surface area (Å²) in [5.41, 5.74) is 2.29. The third kappa shape index (κ3) is 3.18. The van der Waals surface area contributed by atoms with Crippen molar-refractivity contribution in [3.05, 3.63) is 36.2 Å². The van der Waals surface area contributed by atoms with Gasteiger partial charge in [0.1, 0.15) is 0 Å². The summed E-state index contributed by atoms with van der Waals surface area (Å²) in [6.07, 6.45) is 6.99. The number of amides is 2. The summed E-state index contributed by atoms with van der Waals surface area (Å²) >= 11 is 0. The SMILES string of the molecule is CN1CC(N2CC(C(=O)N3CCC=C(c4ccncc4)C3)CC2=O)C1. The molecule has 4 rings (SSSR count). The highest BCUT2D eigenvalue weighted by Gasteiger charge is 2.42. The second-order valence-corrected chi connectivity index (χ2v) is 7.34. The number of hydrogen-bond donors (Lipinski definition) is 0. The molecule has 0 aliphatic carbocycles. The Morgan fingerprint density at radius 2 is 1.96 bits per heavy atom. The van der Waals surface area contributed by atoms with E-state index >= 15 is 0 Å². The van der Waals surface area contributed by atoms with Crippen LogP contribution in [0.4, 0.5) is 0 Å². The average Bonchev–Trinajstić information content (AvgIpc) is 3.00. The van der Waals surface area contributed by atoms with Gasteiger partial charge in [0.05, 0.1) is 12.0 Å². The third-order valence-corrected chi connectivity index (χ3v) is 5.51. The zero-order valence-electron chi connectivity index (χ0n) is 14.6. The molecule has 0 bridgehead atoms. The number of nitrogens with zero attached hydrogens (tertiary/aromatic N) is 4. The van der Waals surface area contributed by atoms with Gasteiger partial charge in [-0.15, -0.1) is 0 Å². The zero-order valence-corrected chi connectivity index (χ0v) is 14.6. The molecule has 25 heavy (non-hydrogen) atoms. The Hall–Kier alpha value is -2.21. The molecule has 0 N–H and O–H groups in total. The number of likely N-dealkylation sites (tertiary alicyclic amines) is 2. The van der Waals surface area contributed by atoms with Crippen LogP contribution >= 0.6 is 0 Å². The highest BCUT2D eigenvalue weighted by atomic mass is 16.2. The molecular weight excluding hydrogens is 316 g/mol. The van der Waals surface area contributed by atoms with Crippen LogP contribution in [0.1, 0.15) is 18.4 Å². The fourth-order valence-corrected chi connectivity index (χ4v) is 4.08. The van der Waals surface area contributed by atoms with Crippen LogP contribution in [0.2, 0.25) is 0 Å². The summed E-state index contributed by atoms with van der Waals surface area (Å²) < 4.78 is 0. The fourth-order valence-electron chi connectivity index (χ4n) is 4.08. The number of carbonyl (C=O) groups is 2. The maximum atomic E-state index is 13.0. The molecular formula is C19H24N4O2. The van der Waals surface area contributed by atoms with Crippen LogP contribution in [-0.4, -0.2) is 77.3 Å². The Morgan fingerprint density at radius 1 is 1.20 bits per heavy atom. The number of aromatic nitrogens is 1. The highest BCUT2D eigenvalue weighted by Crippen LogP contribution is 2.28. The van der Waals surface area contributed by atoms with Crippen molar-refractivity contribution in [3.63, 3.8) is 0 Å². The number of hydrogen-bond acceptors (Lipinski definition) is 4. The van der Waals surface area contributed by atoms with Crippen molar-refractivity contribution in [2.24, 2.45) is 5.92 Å². The Labute approximate surface area is 148 Å². The lowest BCUT2D eigenvalue weighted by molar-refractivity contribution is -0.135. The van der Waals surface area contributed by atoms with E-state index in [9.17, 15) is 9.59 Å². The van der Waals surface area contributed by atoms with Gasteiger partial charge in [0.2, 0.25) is 11.8 Å². The van der Waals surface area contributed by atoms with Crippen molar-refractivity contribution in [2.75, 3.05) is 39.8 Å². The van der Waals surface area contributed by atoms with Gasteiger partial charge in [-0.25, -0.2) is 0 Å². The second kappa shape index (κ2) is 6.59. The van der Waals surface area contributed by atoms with Crippen molar-refractivity contribution < 1.29 is 9.59 Å². The van der Waals surface area contributed by atoms with E-state index in [0.717, 1.165) is 31.6 Å². The van der Waals surface area contributed by atoms with Crippen LogP contribution < -0.4 is 0 Å². The van der Waals surface area contributed by atoms with Gasteiger partial charge in [-0.3, -0.25) is 14.6 Å². The van der Waals surface area contributed by atoms with E-state index in [0.29, 0.717) is 25.6 Å². The normalized spacial score (nSPS) is 25.1. The largest absolute Gasteiger partial charge is 0.338 e. The quantitative estimate of drug-likeness (QED) is 0.819. The van der Waals surface area contributed by atoms with Crippen molar-refractivity contribution in [3.8, 4) is 0 Å². The minimum absolute atomic E-state index is 0.128. The first-order valence-electron chi connectivity index (χ1n) is 8.98. The van der Waals surface area contributed by atoms with Crippen LogP contribution in [0.25, 0.3) is 5.57 Å². The fraction of sp³-hybridized carbons (Fsp3) is 0.526. The minimum Gasteiger partial charge on any atom is -0.338 e. The minimum atomic E-state index is -0.185. The van der Waals surface area contributed by atoms with Gasteiger partial charge in [0.25, 0.3) is 0 Å². The molecule has 1 aromatic heterocycles. The van der Waals surface area contributed by atoms with Gasteiger partial charge in [-0.05, 0) is 36.7 Å². The van der Waals surface area contributed by atoms with E-state index in [1.165, 1.54) is 5.57 Å². The predicted molar refractivity (Wildman–Crippen MR) is 94.5 cm³/mol. The van der Waals surface area contributed by atoms with Crippen LogP contribution in [-0.2, 0) is 9.59 Å². The molecule has 2 saturated heterocycles. The maximum absolute atomic E-state index is 13.0. The monoisotopic (exact) mass is 340 g/mol. The first-order valence-corrected chi connectivity index (χ1v) is 8.98. The molecule has 2 fully saturated rings. The predicted octanol–water partition coefficient (Wildman–Crippen LogP) is 0.860. The Kier molecular flexibility index (Phi) is 4.29. The van der Waals surface area contributed by atoms with Crippen LogP contribution in [0, 0.1) is 5.92 Å². The van der Waals surface area contributed by atoms with E-state index < -0.39 is 0 Å².